The molecule has 0 spiro atoms. The van der Waals surface area contributed by atoms with Crippen LogP contribution in [0.1, 0.15) is 76.5 Å². The number of fused-ring (bicyclic) bond motifs is 4. The first-order chi connectivity index (χ1) is 57.5. The molecule has 0 radical (unpaired) electrons. The summed E-state index contributed by atoms with van der Waals surface area (Å²) in [6, 6.07) is 27.4. The number of carboxylic acid groups (broad SMARTS) is 1. The highest BCUT2D eigenvalue weighted by molar-refractivity contribution is 14.1. The van der Waals surface area contributed by atoms with Gasteiger partial charge < -0.3 is 99.7 Å². The molecule has 1 fully saturated rings. The number of hydrogen-bond acceptors (Lipinski definition) is 35. The highest BCUT2D eigenvalue weighted by atomic mass is 127. The van der Waals surface area contributed by atoms with Crippen molar-refractivity contribution in [2.75, 3.05) is 133 Å². The molecule has 0 aliphatic carbocycles. The second kappa shape index (κ2) is 42.6. The zero-order chi connectivity index (χ0) is 86.9. The van der Waals surface area contributed by atoms with E-state index in [1.54, 1.807) is 79.0 Å². The normalized spacial score (nSPS) is 11.7. The summed E-state index contributed by atoms with van der Waals surface area (Å²) < 4.78 is 67.9. The molecule has 0 bridgehead atoms. The molecule has 120 heavy (non-hydrogen) atoms. The number of carbonyl (C=O) groups excluding carboxylic acids is 5. The summed E-state index contributed by atoms with van der Waals surface area (Å²) in [5, 5.41) is 9.44. The van der Waals surface area contributed by atoms with Crippen molar-refractivity contribution in [3.63, 3.8) is 0 Å². The van der Waals surface area contributed by atoms with Gasteiger partial charge in [0.2, 0.25) is 0 Å². The van der Waals surface area contributed by atoms with Gasteiger partial charge in [-0.3, -0.25) is 27.9 Å². The van der Waals surface area contributed by atoms with Gasteiger partial charge in [-0.1, -0.05) is 68.2 Å². The second-order valence-electron chi connectivity index (χ2n) is 26.2. The molecule has 1 aliphatic heterocycles. The van der Waals surface area contributed by atoms with Crippen molar-refractivity contribution in [1.82, 2.24) is 83.1 Å². The van der Waals surface area contributed by atoms with Gasteiger partial charge >= 0.3 is 59.3 Å². The molecule has 43 nitrogen and oxygen atoms in total. The number of nitrogens with two attached hydrogens (primary N) is 4. The van der Waals surface area contributed by atoms with Crippen molar-refractivity contribution in [2.24, 2.45) is 0 Å². The Bertz CT molecular complexity index is 5520. The lowest BCUT2D eigenvalue weighted by Gasteiger charge is -2.12. The third-order valence-corrected chi connectivity index (χ3v) is 16.5. The molecule has 636 valence electrons. The standard InChI is InChI=1S/C20H20N6O7.2C18H21N5O5.C16H17N5O5.C3H9ISi/c1-31-8-9-32-19-23-16(21)15-17(24-19)25(20(30)22-15)10-11-2-4-12(5-3-11)18(29)33-26-13(27)6-7-14(26)28;2*1-25-8-9-28-17-21-14(19)13-15(22-17)23(18(20-13)27-3)10-11-4-6-12(7-5-11)16(24)26-2;1-25-6-7-26-15-19-12(17)11-13(20-15)21(16(24)18-11)8-9-2-4-10(5-3-9)14(22)23;1-5(2,3)4/h2-5H,6-10H2,1H3,(H,22,30)(H2,21,23,24);2*4-7H,8-10H2,1-3H3,(H2,19,21,22);2-5H,6-8H2,1H3,(H,18,24)(H,22,23)(H2,17,19,20);1-3H3. The third-order valence-electron chi connectivity index (χ3n) is 16.5. The number of hydrogen-bond donors (Lipinski definition) is 7. The first-order valence-corrected chi connectivity index (χ1v) is 42.8. The molecule has 4 aromatic carbocycles. The minimum absolute atomic E-state index is 0.00824. The van der Waals surface area contributed by atoms with Crippen LogP contribution in [-0.4, -0.2) is 239 Å². The number of carbonyl (C=O) groups is 6. The number of aromatic nitrogens is 16. The lowest BCUT2D eigenvalue weighted by atomic mass is 10.1. The summed E-state index contributed by atoms with van der Waals surface area (Å²) >= 11 is 2.52. The Hall–Kier alpha value is -13.5. The van der Waals surface area contributed by atoms with Gasteiger partial charge in [-0.05, 0) is 70.8 Å². The first-order valence-electron chi connectivity index (χ1n) is 36.2. The Kier molecular flexibility index (Phi) is 32.1. The zero-order valence-corrected chi connectivity index (χ0v) is 70.2. The van der Waals surface area contributed by atoms with E-state index in [-0.39, 0.29) is 109 Å². The Morgan fingerprint density at radius 1 is 0.400 bits per heavy atom. The number of imidazole rings is 4. The number of ether oxygens (including phenoxy) is 12. The lowest BCUT2D eigenvalue weighted by Crippen LogP contribution is -2.32. The molecule has 0 atom stereocenters. The van der Waals surface area contributed by atoms with E-state index in [4.69, 9.17) is 89.7 Å². The van der Waals surface area contributed by atoms with E-state index < -0.39 is 52.6 Å². The molecule has 0 saturated carbocycles. The number of aromatic carboxylic acids is 1. The fraction of sp³-hybridized carbons (Fsp3) is 0.333. The van der Waals surface area contributed by atoms with Crippen LogP contribution in [0.4, 0.5) is 23.3 Å². The van der Waals surface area contributed by atoms with Crippen LogP contribution >= 0.6 is 21.8 Å². The van der Waals surface area contributed by atoms with Crippen molar-refractivity contribution >= 4 is 131 Å². The van der Waals surface area contributed by atoms with Gasteiger partial charge in [0, 0.05) is 41.3 Å². The Morgan fingerprint density at radius 2 is 0.683 bits per heavy atom. The van der Waals surface area contributed by atoms with Crippen LogP contribution in [-0.2, 0) is 69.0 Å². The Labute approximate surface area is 696 Å². The summed E-state index contributed by atoms with van der Waals surface area (Å²) in [7, 11) is 11.9. The van der Waals surface area contributed by atoms with Crippen LogP contribution in [0.2, 0.25) is 19.6 Å². The van der Waals surface area contributed by atoms with E-state index in [0.717, 1.165) is 16.7 Å². The molecule has 0 unspecified atom stereocenters. The summed E-state index contributed by atoms with van der Waals surface area (Å²) in [5.41, 5.74) is 29.7. The van der Waals surface area contributed by atoms with Gasteiger partial charge in [0.15, 0.2) is 56.9 Å². The average molecular weight is 1790 g/mol. The number of anilines is 4. The topological polar surface area (TPSA) is 564 Å². The van der Waals surface area contributed by atoms with Gasteiger partial charge in [0.25, 0.3) is 23.8 Å². The van der Waals surface area contributed by atoms with Crippen molar-refractivity contribution < 1.29 is 95.6 Å². The molecule has 8 aromatic heterocycles. The largest absolute Gasteiger partial charge is 0.478 e. The number of methoxy groups -OCH3 is 8. The number of nitrogens with one attached hydrogen (secondary N) is 2. The van der Waals surface area contributed by atoms with Gasteiger partial charge in [-0.25, -0.2) is 28.8 Å². The summed E-state index contributed by atoms with van der Waals surface area (Å²) in [5.74, 6) is -3.22. The Balaban J connectivity index is 0.000000179. The maximum atomic E-state index is 12.5. The number of halogens is 1. The molecule has 45 heteroatoms. The number of esters is 2. The molecule has 9 heterocycles. The molecular formula is C75H88IN21O22Si. The van der Waals surface area contributed by atoms with E-state index in [9.17, 15) is 38.4 Å². The fourth-order valence-corrected chi connectivity index (χ4v) is 10.8. The number of nitrogens with zero attached hydrogens (tertiary/aromatic N) is 15. The lowest BCUT2D eigenvalue weighted by molar-refractivity contribution is -0.172. The van der Waals surface area contributed by atoms with Gasteiger partial charge in [-0.15, -0.1) is 26.9 Å². The number of imide groups is 1. The number of amides is 2. The zero-order valence-electron chi connectivity index (χ0n) is 67.1. The molecule has 11 N–H and O–H groups in total. The number of nitrogen functional groups attached to an aromatic ring is 4. The summed E-state index contributed by atoms with van der Waals surface area (Å²) in [6.45, 7) is 10.6. The quantitative estimate of drug-likeness (QED) is 0.00725. The van der Waals surface area contributed by atoms with E-state index in [2.05, 4.69) is 101 Å². The van der Waals surface area contributed by atoms with E-state index >= 15 is 0 Å². The van der Waals surface area contributed by atoms with Gasteiger partial charge in [0.05, 0.1) is 103 Å². The SMILES string of the molecule is COCCOc1nc(N)c2[nH]c(=O)n(Cc3ccc(C(=O)O)cc3)c2n1.COCCOc1nc(N)c2[nH]c(=O)n(Cc3ccc(C(=O)ON4C(=O)CCC4=O)cc3)c2n1.COCCOc1nc(N)c2nc(OC)n(Cc3ccc(C(=O)OC)cc3)c2n1.COCCOc1nc(N)c2nc(OC)n(Cc3ccc(C(=O)OC)cc3)c2n1.C[Si](C)(C)I. The van der Waals surface area contributed by atoms with Crippen LogP contribution in [0.25, 0.3) is 44.7 Å². The minimum atomic E-state index is -1.01. The summed E-state index contributed by atoms with van der Waals surface area (Å²) in [4.78, 5) is 147. The molecule has 1 aliphatic rings. The highest BCUT2D eigenvalue weighted by Gasteiger charge is 2.33. The third kappa shape index (κ3) is 24.1. The van der Waals surface area contributed by atoms with E-state index in [0.29, 0.717) is 120 Å². The predicted octanol–water partition coefficient (Wildman–Crippen LogP) is 5.28. The number of rotatable bonds is 31. The molecule has 2 amide bonds. The molecule has 13 rings (SSSR count). The monoisotopic (exact) mass is 1790 g/mol. The second-order valence-corrected chi connectivity index (χ2v) is 40.0. The van der Waals surface area contributed by atoms with Crippen LogP contribution in [0.15, 0.2) is 107 Å². The molecule has 1 saturated heterocycles. The Morgan fingerprint density at radius 3 is 0.975 bits per heavy atom. The van der Waals surface area contributed by atoms with Crippen molar-refractivity contribution in [3.05, 3.63) is 163 Å². The summed E-state index contributed by atoms with van der Waals surface area (Å²) in [6.07, 6.45) is 0.0231. The average Bonchev–Trinajstić information content (AvgIpc) is 1.67. The van der Waals surface area contributed by atoms with Crippen molar-refractivity contribution in [2.45, 2.75) is 58.7 Å². The molecular weight excluding hydrogens is 1700 g/mol. The number of hydroxylamine groups is 2. The van der Waals surface area contributed by atoms with E-state index in [1.807, 2.05) is 24.3 Å². The van der Waals surface area contributed by atoms with Crippen LogP contribution in [0, 0.1) is 0 Å². The van der Waals surface area contributed by atoms with Crippen LogP contribution < -0.4 is 62.7 Å². The maximum absolute atomic E-state index is 12.5. The fourth-order valence-electron chi connectivity index (χ4n) is 10.8. The van der Waals surface area contributed by atoms with E-state index in [1.165, 1.54) is 68.9 Å². The van der Waals surface area contributed by atoms with Gasteiger partial charge in [-0.2, -0.15) is 49.8 Å². The smallest absolute Gasteiger partial charge is 0.363 e. The van der Waals surface area contributed by atoms with Gasteiger partial charge in [0.1, 0.15) is 43.0 Å². The first kappa shape index (κ1) is 90.4. The minimum Gasteiger partial charge on any atom is -0.478 e. The number of H-pyrrole nitrogens is 2. The number of benzene rings is 4. The van der Waals surface area contributed by atoms with Crippen molar-refractivity contribution in [3.8, 4) is 36.1 Å². The van der Waals surface area contributed by atoms with Crippen LogP contribution in [0.5, 0.6) is 36.1 Å². The molecule has 12 aromatic rings. The maximum Gasteiger partial charge on any atom is 0.363 e. The van der Waals surface area contributed by atoms with Crippen LogP contribution in [0.3, 0.4) is 0 Å². The number of aromatic amines is 2. The predicted molar refractivity (Wildman–Crippen MR) is 443 cm³/mol. The van der Waals surface area contributed by atoms with Crippen molar-refractivity contribution in [1.29, 1.82) is 0 Å². The highest BCUT2D eigenvalue weighted by Crippen LogP contribution is 2.30. The number of carboxylic acids is 1.